The Hall–Kier alpha value is -0.630. The molecule has 1 aliphatic rings. The van der Waals surface area contributed by atoms with E-state index in [4.69, 9.17) is 5.41 Å². The predicted molar refractivity (Wildman–Crippen MR) is 54.0 cm³/mol. The maximum absolute atomic E-state index is 7.68. The summed E-state index contributed by atoms with van der Waals surface area (Å²) < 4.78 is 1.16. The van der Waals surface area contributed by atoms with Crippen molar-refractivity contribution in [1.29, 1.82) is 5.41 Å². The fourth-order valence-electron chi connectivity index (χ4n) is 1.72. The van der Waals surface area contributed by atoms with Crippen molar-refractivity contribution in [3.8, 4) is 0 Å². The lowest BCUT2D eigenvalue weighted by molar-refractivity contribution is 1.07. The SMILES string of the molecule is Cc1c(Br)ccc2c1CCC2=N. The highest BCUT2D eigenvalue weighted by Gasteiger charge is 2.18. The smallest absolute Gasteiger partial charge is 0.0392 e. The van der Waals surface area contributed by atoms with Crippen LogP contribution in [0.1, 0.15) is 23.1 Å². The standard InChI is InChI=1S/C10H10BrN/c1-6-7-3-5-10(12)8(7)2-4-9(6)11/h2,4,12H,3,5H2,1H3. The van der Waals surface area contributed by atoms with E-state index in [1.807, 2.05) is 12.1 Å². The molecule has 0 aliphatic heterocycles. The van der Waals surface area contributed by atoms with E-state index in [0.29, 0.717) is 0 Å². The first kappa shape index (κ1) is 7.99. The molecule has 0 saturated carbocycles. The zero-order chi connectivity index (χ0) is 8.72. The number of nitrogens with one attached hydrogen (secondary N) is 1. The molecule has 0 radical (unpaired) electrons. The van der Waals surface area contributed by atoms with Gasteiger partial charge in [-0.2, -0.15) is 0 Å². The van der Waals surface area contributed by atoms with E-state index in [9.17, 15) is 0 Å². The summed E-state index contributed by atoms with van der Waals surface area (Å²) in [5, 5.41) is 7.68. The van der Waals surface area contributed by atoms with Crippen LogP contribution in [0.25, 0.3) is 0 Å². The highest BCUT2D eigenvalue weighted by atomic mass is 79.9. The Morgan fingerprint density at radius 3 is 2.83 bits per heavy atom. The van der Waals surface area contributed by atoms with Gasteiger partial charge < -0.3 is 5.41 Å². The van der Waals surface area contributed by atoms with Crippen LogP contribution < -0.4 is 0 Å². The first-order valence-corrected chi connectivity index (χ1v) is 4.85. The minimum absolute atomic E-state index is 0.792. The third kappa shape index (κ3) is 1.02. The molecule has 0 spiro atoms. The minimum Gasteiger partial charge on any atom is -0.305 e. The highest BCUT2D eigenvalue weighted by Crippen LogP contribution is 2.29. The second-order valence-corrected chi connectivity index (χ2v) is 4.03. The van der Waals surface area contributed by atoms with Crippen LogP contribution in [0.3, 0.4) is 0 Å². The van der Waals surface area contributed by atoms with Crippen LogP contribution >= 0.6 is 15.9 Å². The van der Waals surface area contributed by atoms with Crippen molar-refractivity contribution in [2.45, 2.75) is 19.8 Å². The van der Waals surface area contributed by atoms with Crippen molar-refractivity contribution in [3.05, 3.63) is 33.3 Å². The van der Waals surface area contributed by atoms with Gasteiger partial charge in [0, 0.05) is 10.2 Å². The number of rotatable bonds is 0. The van der Waals surface area contributed by atoms with E-state index in [-0.39, 0.29) is 0 Å². The average molecular weight is 224 g/mol. The Labute approximate surface area is 80.4 Å². The Kier molecular flexibility index (Phi) is 1.80. The van der Waals surface area contributed by atoms with E-state index in [2.05, 4.69) is 22.9 Å². The molecule has 1 N–H and O–H groups in total. The molecule has 2 heteroatoms. The predicted octanol–water partition coefficient (Wildman–Crippen LogP) is 3.07. The van der Waals surface area contributed by atoms with Gasteiger partial charge in [0.05, 0.1) is 0 Å². The van der Waals surface area contributed by atoms with Crippen LogP contribution in [0, 0.1) is 12.3 Å². The monoisotopic (exact) mass is 223 g/mol. The summed E-state index contributed by atoms with van der Waals surface area (Å²) in [5.74, 6) is 0. The third-order valence-corrected chi connectivity index (χ3v) is 3.34. The molecule has 0 unspecified atom stereocenters. The molecule has 62 valence electrons. The van der Waals surface area contributed by atoms with Gasteiger partial charge in [0.1, 0.15) is 0 Å². The zero-order valence-corrected chi connectivity index (χ0v) is 8.53. The quantitative estimate of drug-likeness (QED) is 0.700. The molecule has 1 aliphatic carbocycles. The van der Waals surface area contributed by atoms with Crippen molar-refractivity contribution in [2.24, 2.45) is 0 Å². The lowest BCUT2D eigenvalue weighted by Crippen LogP contribution is -1.92. The van der Waals surface area contributed by atoms with E-state index in [1.165, 1.54) is 11.1 Å². The number of hydrogen-bond donors (Lipinski definition) is 1. The molecule has 1 aromatic rings. The molecule has 0 fully saturated rings. The summed E-state index contributed by atoms with van der Waals surface area (Å²) >= 11 is 3.50. The first-order valence-electron chi connectivity index (χ1n) is 4.06. The van der Waals surface area contributed by atoms with Crippen molar-refractivity contribution >= 4 is 21.6 Å². The van der Waals surface area contributed by atoms with Gasteiger partial charge in [0.25, 0.3) is 0 Å². The van der Waals surface area contributed by atoms with Crippen LogP contribution in [0.15, 0.2) is 16.6 Å². The summed E-state index contributed by atoms with van der Waals surface area (Å²) in [6.45, 7) is 2.11. The number of benzene rings is 1. The van der Waals surface area contributed by atoms with Crippen molar-refractivity contribution < 1.29 is 0 Å². The van der Waals surface area contributed by atoms with E-state index >= 15 is 0 Å². The third-order valence-electron chi connectivity index (χ3n) is 2.48. The Bertz CT molecular complexity index is 355. The van der Waals surface area contributed by atoms with E-state index in [0.717, 1.165) is 28.6 Å². The molecular weight excluding hydrogens is 214 g/mol. The molecular formula is C10H10BrN. The van der Waals surface area contributed by atoms with Crippen LogP contribution in [0.5, 0.6) is 0 Å². The lowest BCUT2D eigenvalue weighted by atomic mass is 10.0. The van der Waals surface area contributed by atoms with Crippen LogP contribution in [0.4, 0.5) is 0 Å². The minimum atomic E-state index is 0.792. The zero-order valence-electron chi connectivity index (χ0n) is 6.95. The topological polar surface area (TPSA) is 23.9 Å². The molecule has 0 atom stereocenters. The first-order chi connectivity index (χ1) is 5.70. The molecule has 0 saturated heterocycles. The Morgan fingerprint density at radius 2 is 2.08 bits per heavy atom. The van der Waals surface area contributed by atoms with Crippen LogP contribution in [-0.4, -0.2) is 5.71 Å². The molecule has 12 heavy (non-hydrogen) atoms. The van der Waals surface area contributed by atoms with Crippen molar-refractivity contribution in [2.75, 3.05) is 0 Å². The Balaban J connectivity index is 2.68. The van der Waals surface area contributed by atoms with Crippen molar-refractivity contribution in [1.82, 2.24) is 0 Å². The number of halogens is 1. The summed E-state index contributed by atoms with van der Waals surface area (Å²) in [6.07, 6.45) is 1.95. The summed E-state index contributed by atoms with van der Waals surface area (Å²) in [4.78, 5) is 0. The van der Waals surface area contributed by atoms with Gasteiger partial charge >= 0.3 is 0 Å². The fourth-order valence-corrected chi connectivity index (χ4v) is 2.09. The summed E-state index contributed by atoms with van der Waals surface area (Å²) in [5.41, 5.74) is 4.60. The van der Waals surface area contributed by atoms with Crippen LogP contribution in [-0.2, 0) is 6.42 Å². The maximum Gasteiger partial charge on any atom is 0.0392 e. The maximum atomic E-state index is 7.68. The molecule has 2 rings (SSSR count). The Morgan fingerprint density at radius 1 is 1.33 bits per heavy atom. The van der Waals surface area contributed by atoms with E-state index in [1.54, 1.807) is 0 Å². The van der Waals surface area contributed by atoms with Crippen molar-refractivity contribution in [3.63, 3.8) is 0 Å². The number of hydrogen-bond acceptors (Lipinski definition) is 1. The average Bonchev–Trinajstić information content (AvgIpc) is 2.41. The molecule has 0 aromatic heterocycles. The highest BCUT2D eigenvalue weighted by molar-refractivity contribution is 9.10. The van der Waals surface area contributed by atoms with Gasteiger partial charge in [-0.1, -0.05) is 22.0 Å². The second kappa shape index (κ2) is 2.70. The van der Waals surface area contributed by atoms with Crippen LogP contribution in [0.2, 0.25) is 0 Å². The van der Waals surface area contributed by atoms with Gasteiger partial charge in [-0.25, -0.2) is 0 Å². The fraction of sp³-hybridized carbons (Fsp3) is 0.300. The molecule has 0 heterocycles. The van der Waals surface area contributed by atoms with Gasteiger partial charge in [0.15, 0.2) is 0 Å². The summed E-state index contributed by atoms with van der Waals surface area (Å²) in [6, 6.07) is 4.08. The molecule has 0 bridgehead atoms. The van der Waals surface area contributed by atoms with Gasteiger partial charge in [-0.15, -0.1) is 0 Å². The normalized spacial score (nSPS) is 15.0. The van der Waals surface area contributed by atoms with E-state index < -0.39 is 0 Å². The molecule has 1 nitrogen and oxygen atoms in total. The van der Waals surface area contributed by atoms with Gasteiger partial charge in [0.2, 0.25) is 0 Å². The molecule has 1 aromatic carbocycles. The molecule has 0 amide bonds. The lowest BCUT2D eigenvalue weighted by Gasteiger charge is -2.04. The second-order valence-electron chi connectivity index (χ2n) is 3.18. The number of fused-ring (bicyclic) bond motifs is 1. The van der Waals surface area contributed by atoms with Gasteiger partial charge in [-0.05, 0) is 42.5 Å². The largest absolute Gasteiger partial charge is 0.305 e. The summed E-state index contributed by atoms with van der Waals surface area (Å²) in [7, 11) is 0. The van der Waals surface area contributed by atoms with Gasteiger partial charge in [-0.3, -0.25) is 0 Å².